The highest BCUT2D eigenvalue weighted by atomic mass is 16.6. The molecule has 0 spiro atoms. The molecule has 2 aromatic carbocycles. The second kappa shape index (κ2) is 6.74. The molecule has 1 aliphatic rings. The molecule has 0 aromatic heterocycles. The Morgan fingerprint density at radius 3 is 2.86 bits per heavy atom. The van der Waals surface area contributed by atoms with Crippen molar-refractivity contribution in [3.05, 3.63) is 65.2 Å². The van der Waals surface area contributed by atoms with Gasteiger partial charge in [-0.05, 0) is 29.2 Å². The van der Waals surface area contributed by atoms with Crippen LogP contribution in [-0.4, -0.2) is 6.61 Å². The van der Waals surface area contributed by atoms with Gasteiger partial charge in [0.25, 0.3) is 0 Å². The minimum Gasteiger partial charge on any atom is -0.493 e. The number of hydroxylamine groups is 1. The van der Waals surface area contributed by atoms with Crippen molar-refractivity contribution in [1.82, 2.24) is 5.48 Å². The van der Waals surface area contributed by atoms with E-state index in [1.54, 1.807) is 0 Å². The molecule has 1 aliphatic heterocycles. The maximum absolute atomic E-state index is 5.67. The Kier molecular flexibility index (Phi) is 4.53. The van der Waals surface area contributed by atoms with E-state index in [1.807, 2.05) is 18.2 Å². The molecule has 1 heterocycles. The van der Waals surface area contributed by atoms with Gasteiger partial charge in [-0.2, -0.15) is 5.48 Å². The third-order valence-electron chi connectivity index (χ3n) is 3.83. The summed E-state index contributed by atoms with van der Waals surface area (Å²) in [5.41, 5.74) is 6.91. The third-order valence-corrected chi connectivity index (χ3v) is 3.83. The van der Waals surface area contributed by atoms with E-state index in [9.17, 15) is 0 Å². The van der Waals surface area contributed by atoms with Crippen molar-refractivity contribution in [3.8, 4) is 5.75 Å². The summed E-state index contributed by atoms with van der Waals surface area (Å²) in [4.78, 5) is 5.67. The molecule has 1 N–H and O–H groups in total. The number of rotatable bonds is 6. The monoisotopic (exact) mass is 283 g/mol. The summed E-state index contributed by atoms with van der Waals surface area (Å²) in [5, 5.41) is 0. The Balaban J connectivity index is 1.60. The third kappa shape index (κ3) is 3.43. The summed E-state index contributed by atoms with van der Waals surface area (Å²) in [5.74, 6) is 1.03. The number of hydrogen-bond donors (Lipinski definition) is 1. The Labute approximate surface area is 125 Å². The predicted octanol–water partition coefficient (Wildman–Crippen LogP) is 3.79. The molecule has 0 fully saturated rings. The first-order valence-corrected chi connectivity index (χ1v) is 7.53. The maximum atomic E-state index is 5.67. The fourth-order valence-electron chi connectivity index (χ4n) is 2.61. The summed E-state index contributed by atoms with van der Waals surface area (Å²) in [6.45, 7) is 3.53. The summed E-state index contributed by atoms with van der Waals surface area (Å²) >= 11 is 0. The van der Waals surface area contributed by atoms with E-state index in [1.165, 1.54) is 16.7 Å². The largest absolute Gasteiger partial charge is 0.493 e. The fraction of sp³-hybridized carbons (Fsp3) is 0.333. The zero-order valence-corrected chi connectivity index (χ0v) is 12.3. The topological polar surface area (TPSA) is 30.5 Å². The highest BCUT2D eigenvalue weighted by Crippen LogP contribution is 2.29. The van der Waals surface area contributed by atoms with Crippen LogP contribution < -0.4 is 10.2 Å². The van der Waals surface area contributed by atoms with Crippen LogP contribution in [0.25, 0.3) is 0 Å². The van der Waals surface area contributed by atoms with E-state index in [-0.39, 0.29) is 6.04 Å². The zero-order chi connectivity index (χ0) is 14.5. The fourth-order valence-corrected chi connectivity index (χ4v) is 2.61. The SMILES string of the molecule is CCC(NOCc1ccccc1)c1ccc2c(c1)CCO2. The number of benzene rings is 2. The van der Waals surface area contributed by atoms with Gasteiger partial charge in [-0.1, -0.05) is 49.4 Å². The Morgan fingerprint density at radius 1 is 1.19 bits per heavy atom. The molecule has 3 heteroatoms. The van der Waals surface area contributed by atoms with Crippen molar-refractivity contribution < 1.29 is 9.57 Å². The molecule has 3 rings (SSSR count). The summed E-state index contributed by atoms with van der Waals surface area (Å²) in [6, 6.07) is 16.8. The van der Waals surface area contributed by atoms with Crippen molar-refractivity contribution in [2.45, 2.75) is 32.4 Å². The molecule has 2 aromatic rings. The molecular weight excluding hydrogens is 262 g/mol. The van der Waals surface area contributed by atoms with Crippen molar-refractivity contribution in [1.29, 1.82) is 0 Å². The quantitative estimate of drug-likeness (QED) is 0.818. The van der Waals surface area contributed by atoms with Crippen LogP contribution in [0, 0.1) is 0 Å². The predicted molar refractivity (Wildman–Crippen MR) is 83.0 cm³/mol. The van der Waals surface area contributed by atoms with Crippen molar-refractivity contribution in [2.75, 3.05) is 6.61 Å². The molecule has 3 nitrogen and oxygen atoms in total. The van der Waals surface area contributed by atoms with Gasteiger partial charge in [0.05, 0.1) is 19.3 Å². The molecule has 0 radical (unpaired) electrons. The number of fused-ring (bicyclic) bond motifs is 1. The zero-order valence-electron chi connectivity index (χ0n) is 12.3. The smallest absolute Gasteiger partial charge is 0.122 e. The normalized spacial score (nSPS) is 14.5. The van der Waals surface area contributed by atoms with Crippen molar-refractivity contribution in [3.63, 3.8) is 0 Å². The molecule has 0 amide bonds. The van der Waals surface area contributed by atoms with Crippen LogP contribution in [0.5, 0.6) is 5.75 Å². The lowest BCUT2D eigenvalue weighted by Gasteiger charge is -2.18. The highest BCUT2D eigenvalue weighted by Gasteiger charge is 2.16. The van der Waals surface area contributed by atoms with Gasteiger partial charge in [0.2, 0.25) is 0 Å². The van der Waals surface area contributed by atoms with Crippen molar-refractivity contribution in [2.24, 2.45) is 0 Å². The van der Waals surface area contributed by atoms with Gasteiger partial charge in [0, 0.05) is 6.42 Å². The Bertz CT molecular complexity index is 583. The molecule has 110 valence electrons. The molecular formula is C18H21NO2. The van der Waals surface area contributed by atoms with Crippen LogP contribution in [0.2, 0.25) is 0 Å². The van der Waals surface area contributed by atoms with Gasteiger partial charge in [0.15, 0.2) is 0 Å². The lowest BCUT2D eigenvalue weighted by molar-refractivity contribution is 0.00202. The second-order valence-electron chi connectivity index (χ2n) is 5.32. The van der Waals surface area contributed by atoms with Gasteiger partial charge >= 0.3 is 0 Å². The Morgan fingerprint density at radius 2 is 2.05 bits per heavy atom. The van der Waals surface area contributed by atoms with Crippen LogP contribution in [-0.2, 0) is 17.9 Å². The highest BCUT2D eigenvalue weighted by molar-refractivity contribution is 5.40. The number of hydrogen-bond acceptors (Lipinski definition) is 3. The lowest BCUT2D eigenvalue weighted by Crippen LogP contribution is -2.21. The Hall–Kier alpha value is -1.84. The molecule has 0 saturated carbocycles. The maximum Gasteiger partial charge on any atom is 0.122 e. The first-order valence-electron chi connectivity index (χ1n) is 7.53. The van der Waals surface area contributed by atoms with E-state index in [2.05, 4.69) is 42.7 Å². The summed E-state index contributed by atoms with van der Waals surface area (Å²) in [7, 11) is 0. The number of nitrogens with one attached hydrogen (secondary N) is 1. The molecule has 0 aliphatic carbocycles. The van der Waals surface area contributed by atoms with Gasteiger partial charge in [-0.3, -0.25) is 4.84 Å². The van der Waals surface area contributed by atoms with Gasteiger partial charge in [-0.15, -0.1) is 0 Å². The van der Waals surface area contributed by atoms with Crippen LogP contribution in [0.3, 0.4) is 0 Å². The van der Waals surface area contributed by atoms with E-state index in [0.717, 1.165) is 25.2 Å². The molecule has 0 saturated heterocycles. The van der Waals surface area contributed by atoms with Crippen LogP contribution in [0.1, 0.15) is 36.1 Å². The first-order chi connectivity index (χ1) is 10.4. The minimum atomic E-state index is 0.208. The lowest BCUT2D eigenvalue weighted by atomic mass is 10.0. The van der Waals surface area contributed by atoms with E-state index in [4.69, 9.17) is 9.57 Å². The minimum absolute atomic E-state index is 0.208. The average Bonchev–Trinajstić information content (AvgIpc) is 3.00. The van der Waals surface area contributed by atoms with Gasteiger partial charge < -0.3 is 4.74 Å². The van der Waals surface area contributed by atoms with Gasteiger partial charge in [-0.25, -0.2) is 0 Å². The van der Waals surface area contributed by atoms with Crippen LogP contribution in [0.15, 0.2) is 48.5 Å². The van der Waals surface area contributed by atoms with Crippen LogP contribution >= 0.6 is 0 Å². The summed E-state index contributed by atoms with van der Waals surface area (Å²) < 4.78 is 5.55. The van der Waals surface area contributed by atoms with Crippen molar-refractivity contribution >= 4 is 0 Å². The van der Waals surface area contributed by atoms with E-state index < -0.39 is 0 Å². The summed E-state index contributed by atoms with van der Waals surface area (Å²) in [6.07, 6.45) is 1.99. The second-order valence-corrected chi connectivity index (χ2v) is 5.32. The first kappa shape index (κ1) is 14.1. The average molecular weight is 283 g/mol. The molecule has 1 atom stereocenters. The molecule has 1 unspecified atom stereocenters. The molecule has 0 bridgehead atoms. The standard InChI is InChI=1S/C18H21NO2/c1-2-17(19-21-13-14-6-4-3-5-7-14)15-8-9-18-16(12-15)10-11-20-18/h3-9,12,17,19H,2,10-11,13H2,1H3. The van der Waals surface area contributed by atoms with E-state index >= 15 is 0 Å². The molecule has 21 heavy (non-hydrogen) atoms. The number of ether oxygens (including phenoxy) is 1. The van der Waals surface area contributed by atoms with E-state index in [0.29, 0.717) is 6.61 Å². The van der Waals surface area contributed by atoms with Gasteiger partial charge in [0.1, 0.15) is 5.75 Å². The van der Waals surface area contributed by atoms with Crippen LogP contribution in [0.4, 0.5) is 0 Å².